The SMILES string of the molecule is CCCOC1C(=O)CC1Oc1cc(OC)ccc1[N+](=O)[O-]. The fourth-order valence-corrected chi connectivity index (χ4v) is 2.05. The second-order valence-corrected chi connectivity index (χ2v) is 4.71. The second kappa shape index (κ2) is 6.53. The highest BCUT2D eigenvalue weighted by Crippen LogP contribution is 2.35. The summed E-state index contributed by atoms with van der Waals surface area (Å²) in [4.78, 5) is 22.0. The Bertz CT molecular complexity index is 544. The summed E-state index contributed by atoms with van der Waals surface area (Å²) < 4.78 is 16.0. The number of ether oxygens (including phenoxy) is 3. The van der Waals surface area contributed by atoms with Crippen LogP contribution >= 0.6 is 0 Å². The molecule has 2 rings (SSSR count). The first-order valence-corrected chi connectivity index (χ1v) is 6.70. The lowest BCUT2D eigenvalue weighted by Gasteiger charge is -2.34. The van der Waals surface area contributed by atoms with E-state index in [1.54, 1.807) is 0 Å². The zero-order chi connectivity index (χ0) is 15.4. The van der Waals surface area contributed by atoms with Crippen LogP contribution in [0, 0.1) is 10.1 Å². The van der Waals surface area contributed by atoms with Crippen LogP contribution in [0.15, 0.2) is 18.2 Å². The highest BCUT2D eigenvalue weighted by atomic mass is 16.6. The largest absolute Gasteiger partial charge is 0.497 e. The summed E-state index contributed by atoms with van der Waals surface area (Å²) >= 11 is 0. The summed E-state index contributed by atoms with van der Waals surface area (Å²) in [6.45, 7) is 2.39. The zero-order valence-corrected chi connectivity index (χ0v) is 11.9. The summed E-state index contributed by atoms with van der Waals surface area (Å²) in [6, 6.07) is 4.25. The van der Waals surface area contributed by atoms with E-state index >= 15 is 0 Å². The second-order valence-electron chi connectivity index (χ2n) is 4.71. The Balaban J connectivity index is 2.14. The summed E-state index contributed by atoms with van der Waals surface area (Å²) in [5.41, 5.74) is -0.163. The molecule has 2 unspecified atom stereocenters. The van der Waals surface area contributed by atoms with Crippen LogP contribution < -0.4 is 9.47 Å². The van der Waals surface area contributed by atoms with Crippen LogP contribution in [-0.4, -0.2) is 36.6 Å². The summed E-state index contributed by atoms with van der Waals surface area (Å²) in [6.07, 6.45) is -0.149. The monoisotopic (exact) mass is 295 g/mol. The van der Waals surface area contributed by atoms with E-state index in [9.17, 15) is 14.9 Å². The van der Waals surface area contributed by atoms with Crippen LogP contribution in [0.25, 0.3) is 0 Å². The molecule has 1 aliphatic carbocycles. The first-order valence-electron chi connectivity index (χ1n) is 6.70. The molecule has 21 heavy (non-hydrogen) atoms. The minimum Gasteiger partial charge on any atom is -0.497 e. The van der Waals surface area contributed by atoms with Crippen molar-refractivity contribution in [3.63, 3.8) is 0 Å². The first kappa shape index (κ1) is 15.2. The number of Topliss-reactive ketones (excluding diaryl/α,β-unsaturated/α-hetero) is 1. The molecule has 0 heterocycles. The highest BCUT2D eigenvalue weighted by molar-refractivity contribution is 5.90. The van der Waals surface area contributed by atoms with Crippen LogP contribution in [0.4, 0.5) is 5.69 Å². The molecule has 114 valence electrons. The topological polar surface area (TPSA) is 87.9 Å². The maximum Gasteiger partial charge on any atom is 0.311 e. The van der Waals surface area contributed by atoms with Gasteiger partial charge >= 0.3 is 5.69 Å². The lowest BCUT2D eigenvalue weighted by atomic mass is 9.90. The third-order valence-corrected chi connectivity index (χ3v) is 3.20. The number of hydrogen-bond acceptors (Lipinski definition) is 6. The number of nitrogens with zero attached hydrogens (tertiary/aromatic N) is 1. The molecule has 0 saturated heterocycles. The predicted octanol–water partition coefficient (Wildman–Crippen LogP) is 2.12. The number of ketones is 1. The molecule has 1 aromatic carbocycles. The molecule has 1 saturated carbocycles. The maximum atomic E-state index is 11.5. The molecule has 0 aliphatic heterocycles. The predicted molar refractivity (Wildman–Crippen MR) is 73.7 cm³/mol. The van der Waals surface area contributed by atoms with Crippen LogP contribution in [0.2, 0.25) is 0 Å². The Labute approximate surface area is 122 Å². The molecule has 2 atom stereocenters. The minimum atomic E-state index is -0.643. The summed E-state index contributed by atoms with van der Waals surface area (Å²) in [5.74, 6) is 0.494. The summed E-state index contributed by atoms with van der Waals surface area (Å²) in [5, 5.41) is 11.0. The molecule has 1 fully saturated rings. The third-order valence-electron chi connectivity index (χ3n) is 3.20. The van der Waals surface area contributed by atoms with E-state index < -0.39 is 17.1 Å². The van der Waals surface area contributed by atoms with Gasteiger partial charge < -0.3 is 14.2 Å². The maximum absolute atomic E-state index is 11.5. The highest BCUT2D eigenvalue weighted by Gasteiger charge is 2.43. The van der Waals surface area contributed by atoms with Gasteiger partial charge in [-0.25, -0.2) is 0 Å². The van der Waals surface area contributed by atoms with Gasteiger partial charge in [0.15, 0.2) is 11.9 Å². The summed E-state index contributed by atoms with van der Waals surface area (Å²) in [7, 11) is 1.46. The van der Waals surface area contributed by atoms with Gasteiger partial charge in [0, 0.05) is 25.2 Å². The molecule has 0 aromatic heterocycles. The van der Waals surface area contributed by atoms with Gasteiger partial charge in [-0.1, -0.05) is 6.92 Å². The average Bonchev–Trinajstić information content (AvgIpc) is 2.46. The molecule has 1 aliphatic rings. The lowest BCUT2D eigenvalue weighted by Crippen LogP contribution is -2.52. The number of nitro benzene ring substituents is 1. The number of carbonyl (C=O) groups is 1. The van der Waals surface area contributed by atoms with Crippen molar-refractivity contribution >= 4 is 11.5 Å². The quantitative estimate of drug-likeness (QED) is 0.565. The van der Waals surface area contributed by atoms with Gasteiger partial charge in [0.1, 0.15) is 11.9 Å². The number of nitro groups is 1. The van der Waals surface area contributed by atoms with Crippen LogP contribution in [0.5, 0.6) is 11.5 Å². The Morgan fingerprint density at radius 1 is 1.43 bits per heavy atom. The van der Waals surface area contributed by atoms with Gasteiger partial charge in [-0.3, -0.25) is 14.9 Å². The Hall–Kier alpha value is -2.15. The van der Waals surface area contributed by atoms with Crippen LogP contribution in [-0.2, 0) is 9.53 Å². The number of rotatable bonds is 7. The fourth-order valence-electron chi connectivity index (χ4n) is 2.05. The molecule has 7 nitrogen and oxygen atoms in total. The molecule has 0 amide bonds. The number of hydrogen-bond donors (Lipinski definition) is 0. The van der Waals surface area contributed by atoms with Crippen molar-refractivity contribution in [2.45, 2.75) is 32.0 Å². The number of benzene rings is 1. The van der Waals surface area contributed by atoms with Gasteiger partial charge in [0.05, 0.1) is 12.0 Å². The number of carbonyl (C=O) groups excluding carboxylic acids is 1. The van der Waals surface area contributed by atoms with Crippen molar-refractivity contribution < 1.29 is 23.9 Å². The smallest absolute Gasteiger partial charge is 0.311 e. The van der Waals surface area contributed by atoms with E-state index in [0.717, 1.165) is 6.42 Å². The van der Waals surface area contributed by atoms with E-state index in [1.165, 1.54) is 25.3 Å². The van der Waals surface area contributed by atoms with E-state index in [1.807, 2.05) is 6.92 Å². The molecule has 0 spiro atoms. The van der Waals surface area contributed by atoms with E-state index in [2.05, 4.69) is 0 Å². The van der Waals surface area contributed by atoms with Crippen molar-refractivity contribution in [3.8, 4) is 11.5 Å². The molecule has 0 radical (unpaired) electrons. The Kier molecular flexibility index (Phi) is 4.74. The van der Waals surface area contributed by atoms with Crippen molar-refractivity contribution in [1.29, 1.82) is 0 Å². The van der Waals surface area contributed by atoms with Crippen molar-refractivity contribution in [2.75, 3.05) is 13.7 Å². The van der Waals surface area contributed by atoms with Crippen LogP contribution in [0.1, 0.15) is 19.8 Å². The lowest BCUT2D eigenvalue weighted by molar-refractivity contribution is -0.386. The zero-order valence-electron chi connectivity index (χ0n) is 11.9. The molecule has 0 N–H and O–H groups in total. The third kappa shape index (κ3) is 3.30. The average molecular weight is 295 g/mol. The normalized spacial score (nSPS) is 20.8. The van der Waals surface area contributed by atoms with Crippen molar-refractivity contribution in [1.82, 2.24) is 0 Å². The van der Waals surface area contributed by atoms with Crippen molar-refractivity contribution in [3.05, 3.63) is 28.3 Å². The van der Waals surface area contributed by atoms with E-state index in [4.69, 9.17) is 14.2 Å². The van der Waals surface area contributed by atoms with Gasteiger partial charge in [0.25, 0.3) is 0 Å². The molecule has 0 bridgehead atoms. The molecular weight excluding hydrogens is 278 g/mol. The van der Waals surface area contributed by atoms with E-state index in [-0.39, 0.29) is 23.6 Å². The number of methoxy groups -OCH3 is 1. The van der Waals surface area contributed by atoms with Crippen molar-refractivity contribution in [2.24, 2.45) is 0 Å². The Morgan fingerprint density at radius 2 is 2.19 bits per heavy atom. The molecule has 1 aromatic rings. The molecular formula is C14H17NO6. The van der Waals surface area contributed by atoms with Gasteiger partial charge in [-0.2, -0.15) is 0 Å². The first-order chi connectivity index (χ1) is 10.1. The van der Waals surface area contributed by atoms with Gasteiger partial charge in [-0.15, -0.1) is 0 Å². The minimum absolute atomic E-state index is 0.0426. The Morgan fingerprint density at radius 3 is 2.76 bits per heavy atom. The van der Waals surface area contributed by atoms with Gasteiger partial charge in [0.2, 0.25) is 5.75 Å². The fraction of sp³-hybridized carbons (Fsp3) is 0.500. The van der Waals surface area contributed by atoms with E-state index in [0.29, 0.717) is 12.4 Å². The van der Waals surface area contributed by atoms with Gasteiger partial charge in [-0.05, 0) is 12.5 Å². The van der Waals surface area contributed by atoms with Crippen LogP contribution in [0.3, 0.4) is 0 Å². The molecule has 7 heteroatoms. The standard InChI is InChI=1S/C14H17NO6/c1-3-6-20-14-11(16)8-13(14)21-12-7-9(19-2)4-5-10(12)15(17)18/h4-5,7,13-14H,3,6,8H2,1-2H3.